The van der Waals surface area contributed by atoms with Crippen LogP contribution in [0.4, 0.5) is 5.69 Å². The first-order valence-corrected chi connectivity index (χ1v) is 14.9. The molecule has 0 fully saturated rings. The zero-order valence-corrected chi connectivity index (χ0v) is 24.9. The van der Waals surface area contributed by atoms with Crippen LogP contribution >= 0.6 is 0 Å². The SMILES string of the molecule is Cc1ccccc1CN(C(=O)CN(c1ccc2c(c1)OCCO2)S(=O)(=O)c1ccccc1)C(C)C(=O)NC(C)(C)C. The van der Waals surface area contributed by atoms with Crippen molar-refractivity contribution in [2.24, 2.45) is 0 Å². The minimum atomic E-state index is -4.18. The van der Waals surface area contributed by atoms with Gasteiger partial charge in [0.1, 0.15) is 25.8 Å². The van der Waals surface area contributed by atoms with Crippen molar-refractivity contribution in [3.05, 3.63) is 83.9 Å². The first-order valence-electron chi connectivity index (χ1n) is 13.5. The lowest BCUT2D eigenvalue weighted by Gasteiger charge is -2.34. The number of aryl methyl sites for hydroxylation is 1. The van der Waals surface area contributed by atoms with Crippen molar-refractivity contribution < 1.29 is 27.5 Å². The molecule has 4 rings (SSSR count). The lowest BCUT2D eigenvalue weighted by molar-refractivity contribution is -0.140. The summed E-state index contributed by atoms with van der Waals surface area (Å²) in [6.45, 7) is 9.48. The van der Waals surface area contributed by atoms with Gasteiger partial charge in [0.15, 0.2) is 11.5 Å². The topological polar surface area (TPSA) is 105 Å². The molecule has 3 aromatic carbocycles. The van der Waals surface area contributed by atoms with E-state index in [0.29, 0.717) is 24.7 Å². The van der Waals surface area contributed by atoms with Gasteiger partial charge in [0.2, 0.25) is 11.8 Å². The zero-order chi connectivity index (χ0) is 29.8. The van der Waals surface area contributed by atoms with Crippen LogP contribution in [0, 0.1) is 6.92 Å². The monoisotopic (exact) mass is 579 g/mol. The Kier molecular flexibility index (Phi) is 8.92. The highest BCUT2D eigenvalue weighted by Crippen LogP contribution is 2.36. The maximum atomic E-state index is 14.1. The fourth-order valence-corrected chi connectivity index (χ4v) is 5.89. The summed E-state index contributed by atoms with van der Waals surface area (Å²) in [4.78, 5) is 28.8. The van der Waals surface area contributed by atoms with E-state index >= 15 is 0 Å². The fourth-order valence-electron chi connectivity index (χ4n) is 4.46. The summed E-state index contributed by atoms with van der Waals surface area (Å²) in [6.07, 6.45) is 0. The summed E-state index contributed by atoms with van der Waals surface area (Å²) in [5.41, 5.74) is 1.54. The molecule has 0 saturated carbocycles. The number of ether oxygens (including phenoxy) is 2. The summed E-state index contributed by atoms with van der Waals surface area (Å²) in [7, 11) is -4.18. The molecule has 0 aromatic heterocycles. The maximum Gasteiger partial charge on any atom is 0.264 e. The van der Waals surface area contributed by atoms with Gasteiger partial charge in [-0.3, -0.25) is 13.9 Å². The Bertz CT molecular complexity index is 1500. The number of benzene rings is 3. The summed E-state index contributed by atoms with van der Waals surface area (Å²) >= 11 is 0. The van der Waals surface area contributed by atoms with Crippen molar-refractivity contribution in [2.75, 3.05) is 24.1 Å². The van der Waals surface area contributed by atoms with E-state index in [9.17, 15) is 18.0 Å². The minimum absolute atomic E-state index is 0.0340. The van der Waals surface area contributed by atoms with Crippen LogP contribution < -0.4 is 19.1 Å². The van der Waals surface area contributed by atoms with Gasteiger partial charge in [-0.2, -0.15) is 0 Å². The first-order chi connectivity index (χ1) is 19.4. The van der Waals surface area contributed by atoms with Gasteiger partial charge in [-0.1, -0.05) is 42.5 Å². The van der Waals surface area contributed by atoms with Crippen molar-refractivity contribution in [1.29, 1.82) is 0 Å². The predicted molar refractivity (Wildman–Crippen MR) is 157 cm³/mol. The molecule has 9 nitrogen and oxygen atoms in total. The van der Waals surface area contributed by atoms with E-state index in [-0.39, 0.29) is 23.0 Å². The number of amides is 2. The molecule has 1 unspecified atom stereocenters. The second-order valence-electron chi connectivity index (χ2n) is 11.0. The van der Waals surface area contributed by atoms with Gasteiger partial charge in [0.05, 0.1) is 10.6 Å². The molecule has 218 valence electrons. The number of hydrogen-bond donors (Lipinski definition) is 1. The maximum absolute atomic E-state index is 14.1. The Balaban J connectivity index is 1.74. The second-order valence-corrected chi connectivity index (χ2v) is 12.9. The summed E-state index contributed by atoms with van der Waals surface area (Å²) in [5.74, 6) is 0.0247. The molecule has 1 aliphatic rings. The molecule has 1 heterocycles. The van der Waals surface area contributed by atoms with Crippen LogP contribution in [0.15, 0.2) is 77.7 Å². The van der Waals surface area contributed by atoms with Crippen molar-refractivity contribution in [3.8, 4) is 11.5 Å². The third kappa shape index (κ3) is 7.18. The standard InChI is InChI=1S/C31H37N3O6S/c1-22-11-9-10-12-24(22)20-33(23(2)30(36)32-31(3,4)5)29(35)21-34(41(37,38)26-13-7-6-8-14-26)25-15-16-27-28(19-25)40-18-17-39-27/h6-16,19,23H,17-18,20-21H2,1-5H3,(H,32,36). The minimum Gasteiger partial charge on any atom is -0.486 e. The first kappa shape index (κ1) is 29.9. The number of nitrogens with zero attached hydrogens (tertiary/aromatic N) is 2. The zero-order valence-electron chi connectivity index (χ0n) is 24.1. The number of hydrogen-bond acceptors (Lipinski definition) is 6. The highest BCUT2D eigenvalue weighted by atomic mass is 32.2. The van der Waals surface area contributed by atoms with E-state index in [1.807, 2.05) is 52.0 Å². The fraction of sp³-hybridized carbons (Fsp3) is 0.355. The normalized spacial score (nSPS) is 13.7. The Morgan fingerprint density at radius 1 is 0.927 bits per heavy atom. The molecule has 41 heavy (non-hydrogen) atoms. The highest BCUT2D eigenvalue weighted by molar-refractivity contribution is 7.92. The van der Waals surface area contributed by atoms with E-state index in [2.05, 4.69) is 5.32 Å². The third-order valence-corrected chi connectivity index (χ3v) is 8.48. The van der Waals surface area contributed by atoms with Gasteiger partial charge in [-0.15, -0.1) is 0 Å². The molecule has 0 bridgehead atoms. The largest absolute Gasteiger partial charge is 0.486 e. The van der Waals surface area contributed by atoms with E-state index < -0.39 is 34.1 Å². The van der Waals surface area contributed by atoms with Gasteiger partial charge in [0.25, 0.3) is 10.0 Å². The molecular weight excluding hydrogens is 542 g/mol. The molecule has 3 aromatic rings. The van der Waals surface area contributed by atoms with E-state index in [1.165, 1.54) is 17.0 Å². The Labute approximate surface area is 242 Å². The van der Waals surface area contributed by atoms with Crippen molar-refractivity contribution in [2.45, 2.75) is 57.6 Å². The smallest absolute Gasteiger partial charge is 0.264 e. The molecule has 0 radical (unpaired) electrons. The van der Waals surface area contributed by atoms with Gasteiger partial charge in [-0.25, -0.2) is 8.42 Å². The average molecular weight is 580 g/mol. The highest BCUT2D eigenvalue weighted by Gasteiger charge is 2.34. The lowest BCUT2D eigenvalue weighted by atomic mass is 10.1. The van der Waals surface area contributed by atoms with Crippen LogP contribution in [0.25, 0.3) is 0 Å². The number of fused-ring (bicyclic) bond motifs is 1. The van der Waals surface area contributed by atoms with Crippen LogP contribution in [0.5, 0.6) is 11.5 Å². The molecule has 10 heteroatoms. The van der Waals surface area contributed by atoms with Crippen LogP contribution in [-0.2, 0) is 26.2 Å². The molecule has 1 N–H and O–H groups in total. The quantitative estimate of drug-likeness (QED) is 0.406. The van der Waals surface area contributed by atoms with Crippen molar-refractivity contribution in [1.82, 2.24) is 10.2 Å². The number of nitrogens with one attached hydrogen (secondary N) is 1. The number of carbonyl (C=O) groups is 2. The number of rotatable bonds is 9. The number of carbonyl (C=O) groups excluding carboxylic acids is 2. The van der Waals surface area contributed by atoms with Gasteiger partial charge in [0, 0.05) is 18.2 Å². The Morgan fingerprint density at radius 3 is 2.22 bits per heavy atom. The Morgan fingerprint density at radius 2 is 1.56 bits per heavy atom. The lowest BCUT2D eigenvalue weighted by Crippen LogP contribution is -2.54. The number of sulfonamides is 1. The van der Waals surface area contributed by atoms with Crippen LogP contribution in [0.2, 0.25) is 0 Å². The predicted octanol–water partition coefficient (Wildman–Crippen LogP) is 4.29. The molecular formula is C31H37N3O6S. The van der Waals surface area contributed by atoms with Crippen LogP contribution in [-0.4, -0.2) is 56.5 Å². The third-order valence-electron chi connectivity index (χ3n) is 6.69. The molecule has 0 spiro atoms. The molecule has 1 atom stereocenters. The van der Waals surface area contributed by atoms with Crippen LogP contribution in [0.1, 0.15) is 38.8 Å². The summed E-state index contributed by atoms with van der Waals surface area (Å²) < 4.78 is 40.3. The van der Waals surface area contributed by atoms with Crippen molar-refractivity contribution >= 4 is 27.5 Å². The van der Waals surface area contributed by atoms with Gasteiger partial charge in [-0.05, 0) is 70.0 Å². The molecule has 0 aliphatic carbocycles. The van der Waals surface area contributed by atoms with Gasteiger partial charge >= 0.3 is 0 Å². The van der Waals surface area contributed by atoms with E-state index in [1.54, 1.807) is 43.3 Å². The summed E-state index contributed by atoms with van der Waals surface area (Å²) in [5, 5.41) is 2.93. The van der Waals surface area contributed by atoms with Crippen molar-refractivity contribution in [3.63, 3.8) is 0 Å². The molecule has 2 amide bonds. The Hall–Kier alpha value is -4.05. The second kappa shape index (κ2) is 12.2. The van der Waals surface area contributed by atoms with E-state index in [0.717, 1.165) is 15.4 Å². The molecule has 0 saturated heterocycles. The van der Waals surface area contributed by atoms with Crippen LogP contribution in [0.3, 0.4) is 0 Å². The number of anilines is 1. The summed E-state index contributed by atoms with van der Waals surface area (Å²) in [6, 6.07) is 19.4. The van der Waals surface area contributed by atoms with Gasteiger partial charge < -0.3 is 19.7 Å². The molecule has 1 aliphatic heterocycles. The van der Waals surface area contributed by atoms with E-state index in [4.69, 9.17) is 9.47 Å². The average Bonchev–Trinajstić information content (AvgIpc) is 2.94.